The molecule has 1 aromatic rings. The maximum absolute atomic E-state index is 11.6. The van der Waals surface area contributed by atoms with Crippen molar-refractivity contribution in [3.63, 3.8) is 0 Å². The molecule has 0 fully saturated rings. The van der Waals surface area contributed by atoms with Gasteiger partial charge in [0.15, 0.2) is 5.78 Å². The largest absolute Gasteiger partial charge is 0.466 e. The molecule has 1 aromatic carbocycles. The zero-order valence-electron chi connectivity index (χ0n) is 10.7. The van der Waals surface area contributed by atoms with Gasteiger partial charge in [0.2, 0.25) is 0 Å². The highest BCUT2D eigenvalue weighted by atomic mass is 16.5. The van der Waals surface area contributed by atoms with Crippen LogP contribution in [0.1, 0.15) is 25.8 Å². The first-order chi connectivity index (χ1) is 8.63. The number of rotatable bonds is 7. The molecule has 0 unspecified atom stereocenters. The molecule has 0 N–H and O–H groups in total. The third-order valence-electron chi connectivity index (χ3n) is 2.42. The first-order valence-electron chi connectivity index (χ1n) is 5.97. The Balaban J connectivity index is 2.34. The van der Waals surface area contributed by atoms with Crippen molar-refractivity contribution >= 4 is 11.8 Å². The van der Waals surface area contributed by atoms with E-state index in [-0.39, 0.29) is 18.8 Å². The van der Waals surface area contributed by atoms with Gasteiger partial charge < -0.3 is 9.47 Å². The van der Waals surface area contributed by atoms with E-state index < -0.39 is 12.1 Å². The van der Waals surface area contributed by atoms with Gasteiger partial charge in [-0.05, 0) is 19.4 Å². The van der Waals surface area contributed by atoms with Gasteiger partial charge in [0, 0.05) is 0 Å². The van der Waals surface area contributed by atoms with Crippen LogP contribution in [0.2, 0.25) is 0 Å². The fraction of sp³-hybridized carbons (Fsp3) is 0.429. The van der Waals surface area contributed by atoms with E-state index in [4.69, 9.17) is 9.47 Å². The Hall–Kier alpha value is -1.68. The van der Waals surface area contributed by atoms with Crippen molar-refractivity contribution in [2.24, 2.45) is 0 Å². The van der Waals surface area contributed by atoms with Crippen molar-refractivity contribution in [1.82, 2.24) is 0 Å². The van der Waals surface area contributed by atoms with Crippen LogP contribution < -0.4 is 0 Å². The first-order valence-corrected chi connectivity index (χ1v) is 5.97. The van der Waals surface area contributed by atoms with E-state index in [1.807, 2.05) is 30.3 Å². The summed E-state index contributed by atoms with van der Waals surface area (Å²) in [5, 5.41) is 0. The van der Waals surface area contributed by atoms with Gasteiger partial charge in [0.25, 0.3) is 0 Å². The second-order valence-corrected chi connectivity index (χ2v) is 3.89. The molecule has 0 saturated carbocycles. The average Bonchev–Trinajstić information content (AvgIpc) is 2.37. The third kappa shape index (κ3) is 5.10. The Morgan fingerprint density at radius 2 is 1.89 bits per heavy atom. The lowest BCUT2D eigenvalue weighted by molar-refractivity contribution is -0.148. The molecule has 0 aliphatic heterocycles. The Morgan fingerprint density at radius 3 is 2.50 bits per heavy atom. The fourth-order valence-electron chi connectivity index (χ4n) is 1.39. The van der Waals surface area contributed by atoms with E-state index >= 15 is 0 Å². The van der Waals surface area contributed by atoms with Crippen molar-refractivity contribution in [1.29, 1.82) is 0 Å². The normalized spacial score (nSPS) is 11.9. The lowest BCUT2D eigenvalue weighted by atomic mass is 10.2. The molecule has 0 radical (unpaired) electrons. The minimum atomic E-state index is -0.602. The second-order valence-electron chi connectivity index (χ2n) is 3.89. The third-order valence-corrected chi connectivity index (χ3v) is 2.42. The SMILES string of the molecule is CCOC(=O)CC(=O)[C@@H](C)OCc1ccccc1. The van der Waals surface area contributed by atoms with Crippen LogP contribution in [0.25, 0.3) is 0 Å². The summed E-state index contributed by atoms with van der Waals surface area (Å²) in [6, 6.07) is 9.57. The van der Waals surface area contributed by atoms with Crippen molar-refractivity contribution in [2.45, 2.75) is 33.0 Å². The van der Waals surface area contributed by atoms with Gasteiger partial charge in [0.05, 0.1) is 13.2 Å². The summed E-state index contributed by atoms with van der Waals surface area (Å²) in [5.41, 5.74) is 0.994. The Morgan fingerprint density at radius 1 is 1.22 bits per heavy atom. The number of ether oxygens (including phenoxy) is 2. The number of carbonyl (C=O) groups excluding carboxylic acids is 2. The summed E-state index contributed by atoms with van der Waals surface area (Å²) in [7, 11) is 0. The first kappa shape index (κ1) is 14.4. The van der Waals surface area contributed by atoms with Crippen LogP contribution in [0.15, 0.2) is 30.3 Å². The van der Waals surface area contributed by atoms with Crippen LogP contribution in [-0.4, -0.2) is 24.5 Å². The van der Waals surface area contributed by atoms with Crippen molar-refractivity contribution in [3.8, 4) is 0 Å². The lowest BCUT2D eigenvalue weighted by Gasteiger charge is -2.11. The number of hydrogen-bond acceptors (Lipinski definition) is 4. The second kappa shape index (κ2) is 7.61. The maximum atomic E-state index is 11.6. The minimum absolute atomic E-state index is 0.232. The van der Waals surface area contributed by atoms with E-state index in [9.17, 15) is 9.59 Å². The van der Waals surface area contributed by atoms with Crippen molar-refractivity contribution in [3.05, 3.63) is 35.9 Å². The van der Waals surface area contributed by atoms with Crippen LogP contribution in [0, 0.1) is 0 Å². The van der Waals surface area contributed by atoms with Crippen LogP contribution in [-0.2, 0) is 25.7 Å². The Kier molecular flexibility index (Phi) is 6.08. The molecule has 4 heteroatoms. The molecule has 0 aromatic heterocycles. The smallest absolute Gasteiger partial charge is 0.313 e. The molecule has 0 heterocycles. The van der Waals surface area contributed by atoms with E-state index in [1.54, 1.807) is 13.8 Å². The van der Waals surface area contributed by atoms with Crippen LogP contribution >= 0.6 is 0 Å². The van der Waals surface area contributed by atoms with Gasteiger partial charge in [-0.25, -0.2) is 0 Å². The standard InChI is InChI=1S/C14H18O4/c1-3-17-14(16)9-13(15)11(2)18-10-12-7-5-4-6-8-12/h4-8,11H,3,9-10H2,1-2H3/t11-/m1/s1. The predicted octanol–water partition coefficient (Wildman–Crippen LogP) is 2.11. The van der Waals surface area contributed by atoms with Crippen molar-refractivity contribution in [2.75, 3.05) is 6.61 Å². The lowest BCUT2D eigenvalue weighted by Crippen LogP contribution is -2.24. The number of carbonyl (C=O) groups is 2. The summed E-state index contributed by atoms with van der Waals surface area (Å²) in [4.78, 5) is 22.8. The van der Waals surface area contributed by atoms with Gasteiger partial charge in [0.1, 0.15) is 12.5 Å². The molecule has 0 aliphatic rings. The number of Topliss-reactive ketones (excluding diaryl/α,β-unsaturated/α-hetero) is 1. The van der Waals surface area contributed by atoms with E-state index in [0.717, 1.165) is 5.56 Å². The topological polar surface area (TPSA) is 52.6 Å². The molecule has 0 spiro atoms. The van der Waals surface area contributed by atoms with Gasteiger partial charge in [-0.15, -0.1) is 0 Å². The zero-order valence-corrected chi connectivity index (χ0v) is 10.7. The van der Waals surface area contributed by atoms with Gasteiger partial charge in [-0.2, -0.15) is 0 Å². The highest BCUT2D eigenvalue weighted by Gasteiger charge is 2.17. The molecule has 0 bridgehead atoms. The molecular formula is C14H18O4. The average molecular weight is 250 g/mol. The highest BCUT2D eigenvalue weighted by Crippen LogP contribution is 2.05. The van der Waals surface area contributed by atoms with Crippen LogP contribution in [0.4, 0.5) is 0 Å². The zero-order chi connectivity index (χ0) is 13.4. The monoisotopic (exact) mass is 250 g/mol. The molecule has 98 valence electrons. The van der Waals surface area contributed by atoms with Crippen molar-refractivity contribution < 1.29 is 19.1 Å². The minimum Gasteiger partial charge on any atom is -0.466 e. The molecule has 4 nitrogen and oxygen atoms in total. The summed E-state index contributed by atoms with van der Waals surface area (Å²) in [6.07, 6.45) is -0.835. The van der Waals surface area contributed by atoms with E-state index in [0.29, 0.717) is 6.61 Å². The fourth-order valence-corrected chi connectivity index (χ4v) is 1.39. The maximum Gasteiger partial charge on any atom is 0.313 e. The van der Waals surface area contributed by atoms with E-state index in [2.05, 4.69) is 0 Å². The number of hydrogen-bond donors (Lipinski definition) is 0. The highest BCUT2D eigenvalue weighted by molar-refractivity contribution is 5.97. The summed E-state index contributed by atoms with van der Waals surface area (Å²) < 4.78 is 10.1. The predicted molar refractivity (Wildman–Crippen MR) is 67.0 cm³/mol. The summed E-state index contributed by atoms with van der Waals surface area (Å²) in [5.74, 6) is -0.762. The van der Waals surface area contributed by atoms with Gasteiger partial charge in [-0.1, -0.05) is 30.3 Å². The molecular weight excluding hydrogens is 232 g/mol. The molecule has 0 amide bonds. The summed E-state index contributed by atoms with van der Waals surface area (Å²) >= 11 is 0. The number of esters is 1. The Bertz CT molecular complexity index is 386. The molecule has 18 heavy (non-hydrogen) atoms. The summed E-state index contributed by atoms with van der Waals surface area (Å²) in [6.45, 7) is 3.99. The Labute approximate surface area is 107 Å². The van der Waals surface area contributed by atoms with Gasteiger partial charge in [-0.3, -0.25) is 9.59 Å². The van der Waals surface area contributed by atoms with Crippen LogP contribution in [0.5, 0.6) is 0 Å². The van der Waals surface area contributed by atoms with Gasteiger partial charge >= 0.3 is 5.97 Å². The molecule has 0 saturated heterocycles. The molecule has 1 atom stereocenters. The van der Waals surface area contributed by atoms with Crippen LogP contribution in [0.3, 0.4) is 0 Å². The quantitative estimate of drug-likeness (QED) is 0.549. The molecule has 1 rings (SSSR count). The molecule has 0 aliphatic carbocycles. The number of ketones is 1. The number of benzene rings is 1. The van der Waals surface area contributed by atoms with E-state index in [1.165, 1.54) is 0 Å².